The van der Waals surface area contributed by atoms with Gasteiger partial charge in [-0.3, -0.25) is 4.98 Å². The summed E-state index contributed by atoms with van der Waals surface area (Å²) >= 11 is 13.1. The summed E-state index contributed by atoms with van der Waals surface area (Å²) in [4.78, 5) is 5.44. The average Bonchev–Trinajstić information content (AvgIpc) is 2.31. The van der Waals surface area contributed by atoms with Gasteiger partial charge in [0.15, 0.2) is 0 Å². The number of halogens is 2. The van der Waals surface area contributed by atoms with Crippen molar-refractivity contribution in [3.05, 3.63) is 23.5 Å². The molecule has 0 radical (unpaired) electrons. The molecule has 1 aromatic heterocycles. The summed E-state index contributed by atoms with van der Waals surface area (Å²) in [6.07, 6.45) is 1.80. The molecule has 0 aliphatic heterocycles. The molecule has 0 spiro atoms. The van der Waals surface area contributed by atoms with Crippen molar-refractivity contribution in [2.45, 2.75) is 17.7 Å². The van der Waals surface area contributed by atoms with Crippen molar-refractivity contribution >= 4 is 35.0 Å². The van der Waals surface area contributed by atoms with Crippen LogP contribution in [0.3, 0.4) is 0 Å². The summed E-state index contributed by atoms with van der Waals surface area (Å²) < 4.78 is 5.31. The molecule has 1 heterocycles. The molecule has 90 valence electrons. The highest BCUT2D eigenvalue weighted by molar-refractivity contribution is 7.99. The Balaban J connectivity index is 2.41. The number of pyridine rings is 1. The van der Waals surface area contributed by atoms with E-state index in [1.165, 1.54) is 10.5 Å². The molecule has 0 fully saturated rings. The minimum absolute atomic E-state index is 0.461. The predicted octanol–water partition coefficient (Wildman–Crippen LogP) is 3.48. The van der Waals surface area contributed by atoms with Crippen molar-refractivity contribution in [3.8, 4) is 0 Å². The van der Waals surface area contributed by atoms with Crippen LogP contribution in [0.15, 0.2) is 17.2 Å². The van der Waals surface area contributed by atoms with Crippen LogP contribution in [-0.4, -0.2) is 29.8 Å². The summed E-state index contributed by atoms with van der Waals surface area (Å²) in [7, 11) is 0. The molecular weight excluding hydrogens is 265 g/mol. The number of hydrogen-bond donors (Lipinski definition) is 0. The first-order chi connectivity index (χ1) is 7.79. The molecule has 0 N–H and O–H groups in total. The van der Waals surface area contributed by atoms with Crippen molar-refractivity contribution in [2.24, 2.45) is 0 Å². The van der Waals surface area contributed by atoms with E-state index in [0.717, 1.165) is 18.1 Å². The van der Waals surface area contributed by atoms with Crippen LogP contribution < -0.4 is 0 Å². The van der Waals surface area contributed by atoms with Crippen LogP contribution in [0, 0.1) is 6.92 Å². The molecule has 0 amide bonds. The predicted molar refractivity (Wildman–Crippen MR) is 70.8 cm³/mol. The molecular formula is C11H15Cl2NOS. The van der Waals surface area contributed by atoms with E-state index < -0.39 is 0 Å². The maximum Gasteiger partial charge on any atom is 0.0650 e. The van der Waals surface area contributed by atoms with Gasteiger partial charge >= 0.3 is 0 Å². The van der Waals surface area contributed by atoms with E-state index in [4.69, 9.17) is 27.9 Å². The molecule has 1 rings (SSSR count). The smallest absolute Gasteiger partial charge is 0.0650 e. The van der Waals surface area contributed by atoms with Crippen LogP contribution >= 0.6 is 35.0 Å². The second-order valence-corrected chi connectivity index (χ2v) is 4.95. The fourth-order valence-electron chi connectivity index (χ4n) is 1.22. The van der Waals surface area contributed by atoms with Gasteiger partial charge in [-0.1, -0.05) is 0 Å². The topological polar surface area (TPSA) is 22.1 Å². The average molecular weight is 280 g/mol. The van der Waals surface area contributed by atoms with Gasteiger partial charge in [0.25, 0.3) is 0 Å². The summed E-state index contributed by atoms with van der Waals surface area (Å²) in [5, 5.41) is 0. The Labute approximate surface area is 111 Å². The van der Waals surface area contributed by atoms with Crippen LogP contribution in [0.5, 0.6) is 0 Å². The van der Waals surface area contributed by atoms with Gasteiger partial charge in [0.2, 0.25) is 0 Å². The lowest BCUT2D eigenvalue weighted by atomic mass is 10.2. The highest BCUT2D eigenvalue weighted by Crippen LogP contribution is 2.24. The molecule has 0 saturated heterocycles. The van der Waals surface area contributed by atoms with Gasteiger partial charge in [-0.15, -0.1) is 35.0 Å². The Kier molecular flexibility index (Phi) is 7.21. The van der Waals surface area contributed by atoms with Crippen LogP contribution in [0.2, 0.25) is 0 Å². The highest BCUT2D eigenvalue weighted by Gasteiger charge is 2.04. The van der Waals surface area contributed by atoms with E-state index in [1.807, 2.05) is 13.0 Å². The Morgan fingerprint density at radius 2 is 2.19 bits per heavy atom. The lowest BCUT2D eigenvalue weighted by molar-refractivity contribution is 0.166. The normalized spacial score (nSPS) is 10.7. The molecule has 1 aromatic rings. The standard InChI is InChI=1S/C11H15Cl2NOS/c1-9-10(8-13)14-4-2-11(9)16-7-6-15-5-3-12/h2,4H,3,5-8H2,1H3. The first-order valence-corrected chi connectivity index (χ1v) is 7.12. The lowest BCUT2D eigenvalue weighted by Crippen LogP contribution is -2.00. The Morgan fingerprint density at radius 3 is 2.88 bits per heavy atom. The van der Waals surface area contributed by atoms with E-state index in [0.29, 0.717) is 18.4 Å². The second-order valence-electron chi connectivity index (χ2n) is 3.16. The Hall–Kier alpha value is 0.0400. The van der Waals surface area contributed by atoms with E-state index in [1.54, 1.807) is 18.0 Å². The summed E-state index contributed by atoms with van der Waals surface area (Å²) in [6, 6.07) is 2.01. The number of hydrogen-bond acceptors (Lipinski definition) is 3. The zero-order valence-electron chi connectivity index (χ0n) is 9.21. The molecule has 0 aliphatic rings. The number of rotatable bonds is 7. The quantitative estimate of drug-likeness (QED) is 0.434. The largest absolute Gasteiger partial charge is 0.379 e. The summed E-state index contributed by atoms with van der Waals surface area (Å²) in [5.74, 6) is 1.93. The first-order valence-electron chi connectivity index (χ1n) is 5.06. The van der Waals surface area contributed by atoms with Gasteiger partial charge < -0.3 is 4.74 Å². The lowest BCUT2D eigenvalue weighted by Gasteiger charge is -2.08. The summed E-state index contributed by atoms with van der Waals surface area (Å²) in [5.41, 5.74) is 2.12. The third-order valence-corrected chi connectivity index (χ3v) is 3.62. The van der Waals surface area contributed by atoms with Crippen LogP contribution in [0.25, 0.3) is 0 Å². The molecule has 0 aromatic carbocycles. The van der Waals surface area contributed by atoms with Gasteiger partial charge in [0.1, 0.15) is 0 Å². The molecule has 0 atom stereocenters. The van der Waals surface area contributed by atoms with E-state index >= 15 is 0 Å². The number of nitrogens with zero attached hydrogens (tertiary/aromatic N) is 1. The van der Waals surface area contributed by atoms with Crippen molar-refractivity contribution in [1.29, 1.82) is 0 Å². The molecule has 0 unspecified atom stereocenters. The molecule has 0 saturated carbocycles. The van der Waals surface area contributed by atoms with Crippen LogP contribution in [0.4, 0.5) is 0 Å². The summed E-state index contributed by atoms with van der Waals surface area (Å²) in [6.45, 7) is 3.38. The minimum Gasteiger partial charge on any atom is -0.379 e. The second kappa shape index (κ2) is 8.18. The van der Waals surface area contributed by atoms with E-state index in [2.05, 4.69) is 4.98 Å². The van der Waals surface area contributed by atoms with Gasteiger partial charge in [-0.05, 0) is 18.6 Å². The minimum atomic E-state index is 0.461. The third kappa shape index (κ3) is 4.50. The third-order valence-electron chi connectivity index (χ3n) is 2.09. The maximum atomic E-state index is 5.80. The number of thioether (sulfide) groups is 1. The van der Waals surface area contributed by atoms with Crippen molar-refractivity contribution < 1.29 is 4.74 Å². The molecule has 0 aliphatic carbocycles. The zero-order chi connectivity index (χ0) is 11.8. The zero-order valence-corrected chi connectivity index (χ0v) is 11.5. The number of aromatic nitrogens is 1. The Bertz CT molecular complexity index is 323. The monoisotopic (exact) mass is 279 g/mol. The van der Waals surface area contributed by atoms with Crippen molar-refractivity contribution in [3.63, 3.8) is 0 Å². The molecule has 2 nitrogen and oxygen atoms in total. The molecule has 16 heavy (non-hydrogen) atoms. The fourth-order valence-corrected chi connectivity index (χ4v) is 2.51. The number of alkyl halides is 2. The van der Waals surface area contributed by atoms with Gasteiger partial charge in [-0.2, -0.15) is 0 Å². The maximum absolute atomic E-state index is 5.80. The fraction of sp³-hybridized carbons (Fsp3) is 0.545. The van der Waals surface area contributed by atoms with Crippen LogP contribution in [-0.2, 0) is 10.6 Å². The van der Waals surface area contributed by atoms with Crippen molar-refractivity contribution in [1.82, 2.24) is 4.98 Å². The van der Waals surface area contributed by atoms with E-state index in [9.17, 15) is 0 Å². The van der Waals surface area contributed by atoms with Gasteiger partial charge in [0.05, 0.1) is 24.8 Å². The highest BCUT2D eigenvalue weighted by atomic mass is 35.5. The Morgan fingerprint density at radius 1 is 1.38 bits per heavy atom. The molecule has 0 bridgehead atoms. The van der Waals surface area contributed by atoms with Gasteiger partial charge in [-0.25, -0.2) is 0 Å². The SMILES string of the molecule is Cc1c(SCCOCCCl)ccnc1CCl. The first kappa shape index (κ1) is 14.1. The van der Waals surface area contributed by atoms with Crippen molar-refractivity contribution in [2.75, 3.05) is 24.8 Å². The molecule has 5 heteroatoms. The van der Waals surface area contributed by atoms with Crippen LogP contribution in [0.1, 0.15) is 11.3 Å². The number of ether oxygens (including phenoxy) is 1. The van der Waals surface area contributed by atoms with Gasteiger partial charge in [0, 0.05) is 22.7 Å². The van der Waals surface area contributed by atoms with E-state index in [-0.39, 0.29) is 0 Å².